The van der Waals surface area contributed by atoms with Gasteiger partial charge in [0.1, 0.15) is 0 Å². The molecule has 0 N–H and O–H groups in total. The normalized spacial score (nSPS) is 21.1. The smallest absolute Gasteiger partial charge is 0.165 e. The minimum Gasteiger partial charge on any atom is -0.297 e. The van der Waals surface area contributed by atoms with Crippen LogP contribution in [0, 0.1) is 5.92 Å². The lowest BCUT2D eigenvalue weighted by molar-refractivity contribution is 0.0855. The third kappa shape index (κ3) is 3.21. The average Bonchev–Trinajstić information content (AvgIpc) is 2.39. The van der Waals surface area contributed by atoms with Crippen molar-refractivity contribution in [3.63, 3.8) is 0 Å². The minimum atomic E-state index is 0.310. The average molecular weight is 275 g/mol. The second kappa shape index (κ2) is 6.10. The van der Waals surface area contributed by atoms with E-state index in [0.717, 1.165) is 24.9 Å². The predicted molar refractivity (Wildman–Crippen MR) is 80.7 cm³/mol. The first kappa shape index (κ1) is 13.2. The molecule has 2 nitrogen and oxygen atoms in total. The zero-order valence-electron chi connectivity index (χ0n) is 11.3. The first-order valence-corrected chi connectivity index (χ1v) is 8.41. The highest BCUT2D eigenvalue weighted by Gasteiger charge is 2.25. The van der Waals surface area contributed by atoms with Gasteiger partial charge in [-0.1, -0.05) is 30.7 Å². The first-order valence-electron chi connectivity index (χ1n) is 7.26. The van der Waals surface area contributed by atoms with E-state index in [-0.39, 0.29) is 0 Å². The Morgan fingerprint density at radius 2 is 1.84 bits per heavy atom. The molecule has 0 unspecified atom stereocenters. The molecule has 1 aliphatic carbocycles. The molecule has 0 spiro atoms. The van der Waals surface area contributed by atoms with Gasteiger partial charge in [-0.3, -0.25) is 9.69 Å². The lowest BCUT2D eigenvalue weighted by Crippen LogP contribution is -2.31. The van der Waals surface area contributed by atoms with Crippen molar-refractivity contribution in [3.8, 4) is 0 Å². The Kier molecular flexibility index (Phi) is 4.24. The fourth-order valence-corrected chi connectivity index (χ4v) is 3.68. The van der Waals surface area contributed by atoms with E-state index < -0.39 is 0 Å². The second-order valence-electron chi connectivity index (χ2n) is 5.58. The van der Waals surface area contributed by atoms with Gasteiger partial charge in [-0.25, -0.2) is 0 Å². The van der Waals surface area contributed by atoms with Crippen molar-refractivity contribution in [3.05, 3.63) is 35.4 Å². The molecule has 2 aliphatic rings. The van der Waals surface area contributed by atoms with Crippen LogP contribution in [0.5, 0.6) is 0 Å². The zero-order chi connectivity index (χ0) is 13.1. The van der Waals surface area contributed by atoms with Crippen LogP contribution in [0.25, 0.3) is 0 Å². The van der Waals surface area contributed by atoms with Crippen molar-refractivity contribution in [2.24, 2.45) is 5.92 Å². The molecule has 0 radical (unpaired) electrons. The molecular weight excluding hydrogens is 254 g/mol. The number of thioether (sulfide) groups is 1. The lowest BCUT2D eigenvalue weighted by atomic mass is 9.80. The van der Waals surface area contributed by atoms with Gasteiger partial charge in [-0.2, -0.15) is 11.8 Å². The van der Waals surface area contributed by atoms with E-state index in [4.69, 9.17) is 0 Å². The third-order valence-electron chi connectivity index (χ3n) is 4.22. The lowest BCUT2D eigenvalue weighted by Gasteiger charge is -2.26. The molecule has 0 amide bonds. The van der Waals surface area contributed by atoms with Gasteiger partial charge in [0.15, 0.2) is 5.78 Å². The monoisotopic (exact) mass is 275 g/mol. The van der Waals surface area contributed by atoms with E-state index in [0.29, 0.717) is 11.7 Å². The zero-order valence-corrected chi connectivity index (χ0v) is 12.1. The van der Waals surface area contributed by atoms with Crippen molar-refractivity contribution in [2.45, 2.75) is 25.8 Å². The highest BCUT2D eigenvalue weighted by molar-refractivity contribution is 7.99. The van der Waals surface area contributed by atoms with Gasteiger partial charge in [-0.05, 0) is 18.4 Å². The molecule has 1 saturated carbocycles. The highest BCUT2D eigenvalue weighted by atomic mass is 32.2. The number of carbonyl (C=O) groups is 1. The van der Waals surface area contributed by atoms with E-state index in [9.17, 15) is 4.79 Å². The molecule has 3 rings (SSSR count). The summed E-state index contributed by atoms with van der Waals surface area (Å²) < 4.78 is 0. The number of carbonyl (C=O) groups excluding carboxylic acids is 1. The van der Waals surface area contributed by atoms with Crippen molar-refractivity contribution in [1.82, 2.24) is 4.90 Å². The standard InChI is InChI=1S/C16H21NOS/c18-16(14-2-1-3-14)15-6-4-13(5-7-15)12-17-8-10-19-11-9-17/h4-7,14H,1-3,8-12H2. The van der Waals surface area contributed by atoms with E-state index in [1.807, 2.05) is 23.9 Å². The summed E-state index contributed by atoms with van der Waals surface area (Å²) in [6, 6.07) is 8.31. The highest BCUT2D eigenvalue weighted by Crippen LogP contribution is 2.29. The van der Waals surface area contributed by atoms with Gasteiger partial charge >= 0.3 is 0 Å². The SMILES string of the molecule is O=C(c1ccc(CN2CCSCC2)cc1)C1CCC1. The molecule has 19 heavy (non-hydrogen) atoms. The van der Waals surface area contributed by atoms with Gasteiger partial charge in [0.2, 0.25) is 0 Å². The summed E-state index contributed by atoms with van der Waals surface area (Å²) in [5, 5.41) is 0. The van der Waals surface area contributed by atoms with Crippen LogP contribution in [0.2, 0.25) is 0 Å². The van der Waals surface area contributed by atoms with E-state index in [2.05, 4.69) is 17.0 Å². The van der Waals surface area contributed by atoms with Crippen LogP contribution < -0.4 is 0 Å². The number of hydrogen-bond acceptors (Lipinski definition) is 3. The summed E-state index contributed by atoms with van der Waals surface area (Å²) >= 11 is 2.04. The Labute approximate surface area is 119 Å². The molecule has 0 aromatic heterocycles. The molecule has 3 heteroatoms. The fourth-order valence-electron chi connectivity index (χ4n) is 2.70. The van der Waals surface area contributed by atoms with E-state index >= 15 is 0 Å². The summed E-state index contributed by atoms with van der Waals surface area (Å²) in [6.45, 7) is 3.40. The van der Waals surface area contributed by atoms with Gasteiger partial charge in [0.25, 0.3) is 0 Å². The van der Waals surface area contributed by atoms with Crippen molar-refractivity contribution < 1.29 is 4.79 Å². The van der Waals surface area contributed by atoms with Crippen molar-refractivity contribution in [1.29, 1.82) is 0 Å². The topological polar surface area (TPSA) is 20.3 Å². The number of rotatable bonds is 4. The molecule has 1 heterocycles. The van der Waals surface area contributed by atoms with Crippen LogP contribution in [0.15, 0.2) is 24.3 Å². The van der Waals surface area contributed by atoms with Gasteiger partial charge in [0.05, 0.1) is 0 Å². The van der Waals surface area contributed by atoms with Crippen molar-refractivity contribution >= 4 is 17.5 Å². The molecule has 1 aromatic rings. The Hall–Kier alpha value is -0.800. The second-order valence-corrected chi connectivity index (χ2v) is 6.80. The van der Waals surface area contributed by atoms with E-state index in [1.54, 1.807) is 0 Å². The van der Waals surface area contributed by atoms with Crippen LogP contribution in [0.1, 0.15) is 35.2 Å². The molecule has 2 fully saturated rings. The molecular formula is C16H21NOS. The van der Waals surface area contributed by atoms with Crippen molar-refractivity contribution in [2.75, 3.05) is 24.6 Å². The van der Waals surface area contributed by atoms with Gasteiger partial charge < -0.3 is 0 Å². The van der Waals surface area contributed by atoms with Gasteiger partial charge in [0, 0.05) is 42.6 Å². The summed E-state index contributed by atoms with van der Waals surface area (Å²) in [6.07, 6.45) is 3.40. The maximum atomic E-state index is 12.1. The Morgan fingerprint density at radius 1 is 1.16 bits per heavy atom. The number of Topliss-reactive ketones (excluding diaryl/α,β-unsaturated/α-hetero) is 1. The first-order chi connectivity index (χ1) is 9.33. The molecule has 1 aliphatic heterocycles. The quantitative estimate of drug-likeness (QED) is 0.787. The Morgan fingerprint density at radius 3 is 2.42 bits per heavy atom. The maximum Gasteiger partial charge on any atom is 0.165 e. The Bertz CT molecular complexity index is 433. The Balaban J connectivity index is 1.60. The molecule has 1 aromatic carbocycles. The number of hydrogen-bond donors (Lipinski definition) is 0. The summed E-state index contributed by atoms with van der Waals surface area (Å²) in [5.41, 5.74) is 2.24. The predicted octanol–water partition coefficient (Wildman–Crippen LogP) is 3.22. The van der Waals surface area contributed by atoms with Crippen LogP contribution >= 0.6 is 11.8 Å². The molecule has 0 atom stereocenters. The maximum absolute atomic E-state index is 12.1. The number of nitrogens with zero attached hydrogens (tertiary/aromatic N) is 1. The van der Waals surface area contributed by atoms with Crippen LogP contribution in [0.4, 0.5) is 0 Å². The van der Waals surface area contributed by atoms with Gasteiger partial charge in [-0.15, -0.1) is 0 Å². The third-order valence-corrected chi connectivity index (χ3v) is 5.17. The minimum absolute atomic E-state index is 0.310. The summed E-state index contributed by atoms with van der Waals surface area (Å²) in [5.74, 6) is 3.16. The summed E-state index contributed by atoms with van der Waals surface area (Å²) in [7, 11) is 0. The molecule has 1 saturated heterocycles. The van der Waals surface area contributed by atoms with E-state index in [1.165, 1.54) is 36.6 Å². The molecule has 102 valence electrons. The summed E-state index contributed by atoms with van der Waals surface area (Å²) in [4.78, 5) is 14.6. The largest absolute Gasteiger partial charge is 0.297 e. The number of ketones is 1. The fraction of sp³-hybridized carbons (Fsp3) is 0.562. The van der Waals surface area contributed by atoms with Crippen LogP contribution in [0.3, 0.4) is 0 Å². The number of benzene rings is 1. The molecule has 0 bridgehead atoms. The van der Waals surface area contributed by atoms with Crippen LogP contribution in [-0.4, -0.2) is 35.3 Å². The van der Waals surface area contributed by atoms with Crippen LogP contribution in [-0.2, 0) is 6.54 Å².